The molecule has 0 aromatic carbocycles. The van der Waals surface area contributed by atoms with Gasteiger partial charge in [-0.3, -0.25) is 9.59 Å². The molecule has 6 heteroatoms. The van der Waals surface area contributed by atoms with Crippen molar-refractivity contribution in [2.24, 2.45) is 0 Å². The van der Waals surface area contributed by atoms with Crippen LogP contribution >= 0.6 is 0 Å². The van der Waals surface area contributed by atoms with Crippen molar-refractivity contribution >= 4 is 18.2 Å². The summed E-state index contributed by atoms with van der Waals surface area (Å²) in [6.07, 6.45) is -1.04. The van der Waals surface area contributed by atoms with E-state index < -0.39 is 24.1 Å². The van der Waals surface area contributed by atoms with E-state index in [1.807, 2.05) is 0 Å². The number of carbonyl (C=O) groups excluding carboxylic acids is 3. The number of methoxy groups -OCH3 is 2. The van der Waals surface area contributed by atoms with Gasteiger partial charge in [-0.05, 0) is 6.92 Å². The fourth-order valence-electron chi connectivity index (χ4n) is 0.983. The first-order valence-electron chi connectivity index (χ1n) is 4.77. The fraction of sp³-hybridized carbons (Fsp3) is 0.700. The monoisotopic (exact) mass is 232 g/mol. The third kappa shape index (κ3) is 6.13. The van der Waals surface area contributed by atoms with E-state index in [0.717, 1.165) is 0 Å². The molecular weight excluding hydrogens is 216 g/mol. The van der Waals surface area contributed by atoms with E-state index in [1.165, 1.54) is 14.2 Å². The van der Waals surface area contributed by atoms with Crippen LogP contribution in [0, 0.1) is 0 Å². The molecule has 0 rings (SSSR count). The number of hydrogen-bond donors (Lipinski definition) is 0. The van der Waals surface area contributed by atoms with Crippen molar-refractivity contribution in [2.75, 3.05) is 14.2 Å². The van der Waals surface area contributed by atoms with Gasteiger partial charge in [-0.2, -0.15) is 0 Å². The molecule has 0 N–H and O–H groups in total. The highest BCUT2D eigenvalue weighted by molar-refractivity contribution is 5.75. The molecule has 0 aliphatic carbocycles. The lowest BCUT2D eigenvalue weighted by molar-refractivity contribution is -0.155. The second-order valence-corrected chi connectivity index (χ2v) is 3.20. The van der Waals surface area contributed by atoms with Gasteiger partial charge < -0.3 is 19.0 Å². The minimum absolute atomic E-state index is 0.0129. The molecular formula is C10H16O6. The summed E-state index contributed by atoms with van der Waals surface area (Å²) in [6, 6.07) is 0. The van der Waals surface area contributed by atoms with Crippen LogP contribution in [0.5, 0.6) is 0 Å². The Morgan fingerprint density at radius 1 is 1.19 bits per heavy atom. The predicted molar refractivity (Wildman–Crippen MR) is 53.7 cm³/mol. The van der Waals surface area contributed by atoms with Crippen LogP contribution in [-0.4, -0.2) is 44.7 Å². The molecule has 0 bridgehead atoms. The summed E-state index contributed by atoms with van der Waals surface area (Å²) in [5, 5.41) is 0. The molecule has 0 aromatic rings. The maximum atomic E-state index is 11.2. The first-order chi connectivity index (χ1) is 7.53. The van der Waals surface area contributed by atoms with E-state index in [1.54, 1.807) is 6.92 Å². The van der Waals surface area contributed by atoms with Gasteiger partial charge in [0.05, 0.1) is 20.0 Å². The van der Waals surface area contributed by atoms with Crippen LogP contribution in [0.2, 0.25) is 0 Å². The first-order valence-corrected chi connectivity index (χ1v) is 4.77. The Hall–Kier alpha value is -1.43. The lowest BCUT2D eigenvalue weighted by Crippen LogP contribution is -2.24. The molecule has 16 heavy (non-hydrogen) atoms. The van der Waals surface area contributed by atoms with Gasteiger partial charge >= 0.3 is 11.9 Å². The summed E-state index contributed by atoms with van der Waals surface area (Å²) in [7, 11) is 2.58. The highest BCUT2D eigenvalue weighted by Crippen LogP contribution is 2.03. The summed E-state index contributed by atoms with van der Waals surface area (Å²) in [5.74, 6) is -1.05. The Morgan fingerprint density at radius 3 is 2.25 bits per heavy atom. The van der Waals surface area contributed by atoms with Crippen molar-refractivity contribution in [1.29, 1.82) is 0 Å². The third-order valence-electron chi connectivity index (χ3n) is 1.84. The number of aldehydes is 1. The molecule has 0 aliphatic rings. The zero-order valence-electron chi connectivity index (χ0n) is 9.60. The fourth-order valence-corrected chi connectivity index (χ4v) is 0.983. The van der Waals surface area contributed by atoms with Gasteiger partial charge in [0.25, 0.3) is 0 Å². The Balaban J connectivity index is 3.94. The molecule has 2 atom stereocenters. The molecule has 0 saturated heterocycles. The van der Waals surface area contributed by atoms with Crippen molar-refractivity contribution in [3.05, 3.63) is 0 Å². The van der Waals surface area contributed by atoms with Crippen LogP contribution in [0.25, 0.3) is 0 Å². The first kappa shape index (κ1) is 14.6. The van der Waals surface area contributed by atoms with E-state index in [-0.39, 0.29) is 12.8 Å². The van der Waals surface area contributed by atoms with E-state index in [0.29, 0.717) is 6.29 Å². The molecule has 0 amide bonds. The average Bonchev–Trinajstić information content (AvgIpc) is 2.25. The number of esters is 2. The van der Waals surface area contributed by atoms with E-state index >= 15 is 0 Å². The summed E-state index contributed by atoms with van der Waals surface area (Å²) in [4.78, 5) is 32.5. The van der Waals surface area contributed by atoms with Crippen molar-refractivity contribution in [2.45, 2.75) is 32.0 Å². The minimum Gasteiger partial charge on any atom is -0.469 e. The predicted octanol–water partition coefficient (Wildman–Crippen LogP) is 0.0852. The van der Waals surface area contributed by atoms with Crippen molar-refractivity contribution in [1.82, 2.24) is 0 Å². The molecule has 0 aliphatic heterocycles. The molecule has 6 nitrogen and oxygen atoms in total. The Labute approximate surface area is 93.8 Å². The molecule has 92 valence electrons. The van der Waals surface area contributed by atoms with E-state index in [9.17, 15) is 14.4 Å². The number of ether oxygens (including phenoxy) is 3. The maximum Gasteiger partial charge on any atom is 0.309 e. The van der Waals surface area contributed by atoms with Gasteiger partial charge in [0, 0.05) is 7.11 Å². The van der Waals surface area contributed by atoms with Gasteiger partial charge in [-0.15, -0.1) is 0 Å². The van der Waals surface area contributed by atoms with Crippen LogP contribution in [0.4, 0.5) is 0 Å². The van der Waals surface area contributed by atoms with E-state index in [2.05, 4.69) is 4.74 Å². The van der Waals surface area contributed by atoms with Crippen LogP contribution in [0.15, 0.2) is 0 Å². The molecule has 0 aromatic heterocycles. The largest absolute Gasteiger partial charge is 0.469 e. The SMILES string of the molecule is COC(=O)CC(C)OC(=O)CC(C=O)OC. The molecule has 2 unspecified atom stereocenters. The van der Waals surface area contributed by atoms with Crippen molar-refractivity contribution in [3.8, 4) is 0 Å². The van der Waals surface area contributed by atoms with E-state index in [4.69, 9.17) is 9.47 Å². The van der Waals surface area contributed by atoms with Gasteiger partial charge in [-0.1, -0.05) is 0 Å². The van der Waals surface area contributed by atoms with Gasteiger partial charge in [0.2, 0.25) is 0 Å². The second-order valence-electron chi connectivity index (χ2n) is 3.20. The Morgan fingerprint density at radius 2 is 1.81 bits per heavy atom. The highest BCUT2D eigenvalue weighted by Gasteiger charge is 2.17. The summed E-state index contributed by atoms with van der Waals surface area (Å²) in [6.45, 7) is 1.57. The third-order valence-corrected chi connectivity index (χ3v) is 1.84. The van der Waals surface area contributed by atoms with Gasteiger partial charge in [0.1, 0.15) is 18.5 Å². The normalized spacial score (nSPS) is 13.7. The lowest BCUT2D eigenvalue weighted by Gasteiger charge is -2.13. The van der Waals surface area contributed by atoms with Crippen LogP contribution in [-0.2, 0) is 28.6 Å². The molecule has 0 heterocycles. The highest BCUT2D eigenvalue weighted by atomic mass is 16.6. The summed E-state index contributed by atoms with van der Waals surface area (Å²) >= 11 is 0. The molecule has 0 saturated carbocycles. The molecule has 0 radical (unpaired) electrons. The topological polar surface area (TPSA) is 78.9 Å². The number of carbonyl (C=O) groups is 3. The zero-order chi connectivity index (χ0) is 12.6. The minimum atomic E-state index is -0.808. The summed E-state index contributed by atoms with van der Waals surface area (Å²) in [5.41, 5.74) is 0. The number of rotatable bonds is 7. The zero-order valence-corrected chi connectivity index (χ0v) is 9.60. The summed E-state index contributed by atoms with van der Waals surface area (Å²) < 4.78 is 14.0. The molecule has 0 spiro atoms. The Kier molecular flexibility index (Phi) is 7.11. The number of hydrogen-bond acceptors (Lipinski definition) is 6. The second kappa shape index (κ2) is 7.81. The average molecular weight is 232 g/mol. The van der Waals surface area contributed by atoms with Crippen LogP contribution in [0.3, 0.4) is 0 Å². The van der Waals surface area contributed by atoms with Crippen LogP contribution in [0.1, 0.15) is 19.8 Å². The lowest BCUT2D eigenvalue weighted by atomic mass is 10.2. The smallest absolute Gasteiger partial charge is 0.309 e. The van der Waals surface area contributed by atoms with Crippen LogP contribution < -0.4 is 0 Å². The Bertz CT molecular complexity index is 250. The maximum absolute atomic E-state index is 11.2. The van der Waals surface area contributed by atoms with Crippen molar-refractivity contribution in [3.63, 3.8) is 0 Å². The molecule has 0 fully saturated rings. The standard InChI is InChI=1S/C10H16O6/c1-7(4-9(12)15-3)16-10(13)5-8(6-11)14-2/h6-8H,4-5H2,1-3H3. The quantitative estimate of drug-likeness (QED) is 0.457. The van der Waals surface area contributed by atoms with Crippen molar-refractivity contribution < 1.29 is 28.6 Å². The van der Waals surface area contributed by atoms with Gasteiger partial charge in [0.15, 0.2) is 0 Å². The van der Waals surface area contributed by atoms with Gasteiger partial charge in [-0.25, -0.2) is 0 Å².